The SMILES string of the molecule is CCOc1cc(CN[C@@H](C)CCc2ccccc2)cc(Cl)c1OCc1ccc(Cl)cc1Cl. The molecule has 3 rings (SSSR count). The Balaban J connectivity index is 1.62. The first-order valence-electron chi connectivity index (χ1n) is 10.8. The maximum absolute atomic E-state index is 6.57. The second kappa shape index (κ2) is 12.4. The molecule has 0 saturated carbocycles. The standard InChI is InChI=1S/C26H28Cl3NO2/c1-3-31-25-14-20(16-30-18(2)9-10-19-7-5-4-6-8-19)13-24(29)26(25)32-17-21-11-12-22(27)15-23(21)28/h4-8,11-15,18,30H,3,9-10,16-17H2,1-2H3/t18-/m0/s1. The van der Waals surface area contributed by atoms with Gasteiger partial charge in [0, 0.05) is 28.2 Å². The van der Waals surface area contributed by atoms with Crippen LogP contribution in [-0.2, 0) is 19.6 Å². The van der Waals surface area contributed by atoms with Crippen molar-refractivity contribution in [3.8, 4) is 11.5 Å². The Kier molecular flexibility index (Phi) is 9.55. The number of ether oxygens (including phenoxy) is 2. The second-order valence-electron chi connectivity index (χ2n) is 7.67. The van der Waals surface area contributed by atoms with E-state index in [-0.39, 0.29) is 6.61 Å². The van der Waals surface area contributed by atoms with Crippen LogP contribution in [0.3, 0.4) is 0 Å². The van der Waals surface area contributed by atoms with Gasteiger partial charge in [-0.15, -0.1) is 0 Å². The third-order valence-corrected chi connectivity index (χ3v) is 5.99. The number of rotatable bonds is 11. The monoisotopic (exact) mass is 491 g/mol. The van der Waals surface area contributed by atoms with Crippen LogP contribution >= 0.6 is 34.8 Å². The lowest BCUT2D eigenvalue weighted by Crippen LogP contribution is -2.26. The van der Waals surface area contributed by atoms with Gasteiger partial charge in [-0.05, 0) is 62.1 Å². The van der Waals surface area contributed by atoms with Crippen molar-refractivity contribution in [3.63, 3.8) is 0 Å². The topological polar surface area (TPSA) is 30.5 Å². The largest absolute Gasteiger partial charge is 0.490 e. The number of hydrogen-bond acceptors (Lipinski definition) is 3. The summed E-state index contributed by atoms with van der Waals surface area (Å²) in [6, 6.07) is 20.1. The highest BCUT2D eigenvalue weighted by molar-refractivity contribution is 6.35. The molecule has 32 heavy (non-hydrogen) atoms. The summed E-state index contributed by atoms with van der Waals surface area (Å²) < 4.78 is 11.8. The molecule has 0 amide bonds. The van der Waals surface area contributed by atoms with E-state index in [4.69, 9.17) is 44.3 Å². The lowest BCUT2D eigenvalue weighted by atomic mass is 10.1. The number of hydrogen-bond donors (Lipinski definition) is 1. The van der Waals surface area contributed by atoms with Gasteiger partial charge >= 0.3 is 0 Å². The summed E-state index contributed by atoms with van der Waals surface area (Å²) >= 11 is 18.8. The number of halogens is 3. The van der Waals surface area contributed by atoms with Crippen LogP contribution in [0.5, 0.6) is 11.5 Å². The van der Waals surface area contributed by atoms with Crippen molar-refractivity contribution in [2.45, 2.75) is 45.9 Å². The van der Waals surface area contributed by atoms with Crippen LogP contribution in [0.25, 0.3) is 0 Å². The quantitative estimate of drug-likeness (QED) is 0.297. The van der Waals surface area contributed by atoms with Crippen LogP contribution in [0, 0.1) is 0 Å². The van der Waals surface area contributed by atoms with E-state index in [0.29, 0.717) is 45.8 Å². The molecule has 3 aromatic rings. The highest BCUT2D eigenvalue weighted by Gasteiger charge is 2.14. The second-order valence-corrected chi connectivity index (χ2v) is 8.92. The minimum atomic E-state index is 0.268. The van der Waals surface area contributed by atoms with Crippen LogP contribution < -0.4 is 14.8 Å². The van der Waals surface area contributed by atoms with Gasteiger partial charge in [0.1, 0.15) is 6.61 Å². The van der Waals surface area contributed by atoms with E-state index in [2.05, 4.69) is 36.5 Å². The van der Waals surface area contributed by atoms with Crippen LogP contribution in [0.2, 0.25) is 15.1 Å². The Morgan fingerprint density at radius 2 is 1.66 bits per heavy atom. The summed E-state index contributed by atoms with van der Waals surface area (Å²) in [7, 11) is 0. The molecule has 0 saturated heterocycles. The molecule has 3 aromatic carbocycles. The summed E-state index contributed by atoms with van der Waals surface area (Å²) in [5.74, 6) is 1.14. The lowest BCUT2D eigenvalue weighted by Gasteiger charge is -2.18. The van der Waals surface area contributed by atoms with Gasteiger partial charge in [0.15, 0.2) is 11.5 Å². The highest BCUT2D eigenvalue weighted by atomic mass is 35.5. The van der Waals surface area contributed by atoms with Gasteiger partial charge in [-0.25, -0.2) is 0 Å². The zero-order chi connectivity index (χ0) is 22.9. The van der Waals surface area contributed by atoms with E-state index in [1.165, 1.54) is 5.56 Å². The average molecular weight is 493 g/mol. The molecule has 0 aliphatic heterocycles. The van der Waals surface area contributed by atoms with Crippen molar-refractivity contribution in [1.82, 2.24) is 5.32 Å². The van der Waals surface area contributed by atoms with Crippen LogP contribution in [0.1, 0.15) is 37.0 Å². The Bertz CT molecular complexity index is 1010. The van der Waals surface area contributed by atoms with E-state index in [1.54, 1.807) is 12.1 Å². The third kappa shape index (κ3) is 7.31. The Labute approximate surface area is 205 Å². The van der Waals surface area contributed by atoms with Crippen molar-refractivity contribution in [1.29, 1.82) is 0 Å². The van der Waals surface area contributed by atoms with Crippen molar-refractivity contribution >= 4 is 34.8 Å². The van der Waals surface area contributed by atoms with Gasteiger partial charge in [0.05, 0.1) is 11.6 Å². The van der Waals surface area contributed by atoms with Gasteiger partial charge in [0.25, 0.3) is 0 Å². The molecule has 0 bridgehead atoms. The number of benzene rings is 3. The summed E-state index contributed by atoms with van der Waals surface area (Å²) in [6.45, 7) is 5.60. The zero-order valence-electron chi connectivity index (χ0n) is 18.3. The molecule has 1 N–H and O–H groups in total. The first-order chi connectivity index (χ1) is 15.5. The molecule has 170 valence electrons. The first-order valence-corrected chi connectivity index (χ1v) is 11.9. The molecule has 0 radical (unpaired) electrons. The fraction of sp³-hybridized carbons (Fsp3) is 0.308. The van der Waals surface area contributed by atoms with Gasteiger partial charge < -0.3 is 14.8 Å². The molecule has 1 atom stereocenters. The van der Waals surface area contributed by atoms with Gasteiger partial charge in [-0.2, -0.15) is 0 Å². The molecule has 0 spiro atoms. The van der Waals surface area contributed by atoms with Crippen molar-refractivity contribution in [2.24, 2.45) is 0 Å². The first kappa shape index (κ1) is 24.7. The summed E-state index contributed by atoms with van der Waals surface area (Å²) in [5, 5.41) is 5.22. The fourth-order valence-electron chi connectivity index (χ4n) is 3.34. The Morgan fingerprint density at radius 3 is 2.38 bits per heavy atom. The normalized spacial score (nSPS) is 11.9. The van der Waals surface area contributed by atoms with Gasteiger partial charge in [0.2, 0.25) is 0 Å². The van der Waals surface area contributed by atoms with Crippen LogP contribution in [0.15, 0.2) is 60.7 Å². The molecule has 0 unspecified atom stereocenters. The Morgan fingerprint density at radius 1 is 0.875 bits per heavy atom. The van der Waals surface area contributed by atoms with Gasteiger partial charge in [-0.1, -0.05) is 71.2 Å². The predicted molar refractivity (Wildman–Crippen MR) is 134 cm³/mol. The van der Waals surface area contributed by atoms with Crippen molar-refractivity contribution in [3.05, 3.63) is 92.4 Å². The number of nitrogens with one attached hydrogen (secondary N) is 1. The minimum absolute atomic E-state index is 0.268. The van der Waals surface area contributed by atoms with Gasteiger partial charge in [-0.3, -0.25) is 0 Å². The molecule has 0 aliphatic rings. The highest BCUT2D eigenvalue weighted by Crippen LogP contribution is 2.37. The van der Waals surface area contributed by atoms with Crippen molar-refractivity contribution < 1.29 is 9.47 Å². The van der Waals surface area contributed by atoms with E-state index < -0.39 is 0 Å². The molecule has 0 fully saturated rings. The van der Waals surface area contributed by atoms with Crippen molar-refractivity contribution in [2.75, 3.05) is 6.61 Å². The molecule has 0 aromatic heterocycles. The van der Waals surface area contributed by atoms with E-state index >= 15 is 0 Å². The summed E-state index contributed by atoms with van der Waals surface area (Å²) in [6.07, 6.45) is 2.10. The maximum Gasteiger partial charge on any atom is 0.180 e. The third-order valence-electron chi connectivity index (χ3n) is 5.12. The summed E-state index contributed by atoms with van der Waals surface area (Å²) in [5.41, 5.74) is 3.22. The van der Waals surface area contributed by atoms with Crippen LogP contribution in [-0.4, -0.2) is 12.6 Å². The average Bonchev–Trinajstić information content (AvgIpc) is 2.78. The summed E-state index contributed by atoms with van der Waals surface area (Å²) in [4.78, 5) is 0. The molecule has 3 nitrogen and oxygen atoms in total. The lowest BCUT2D eigenvalue weighted by molar-refractivity contribution is 0.269. The fourth-order valence-corrected chi connectivity index (χ4v) is 4.09. The predicted octanol–water partition coefficient (Wildman–Crippen LogP) is 7.74. The van der Waals surface area contributed by atoms with Crippen LogP contribution in [0.4, 0.5) is 0 Å². The van der Waals surface area contributed by atoms with E-state index in [0.717, 1.165) is 24.0 Å². The number of aryl methyl sites for hydroxylation is 1. The van der Waals surface area contributed by atoms with E-state index in [9.17, 15) is 0 Å². The molecular weight excluding hydrogens is 465 g/mol. The molecule has 0 aliphatic carbocycles. The smallest absolute Gasteiger partial charge is 0.180 e. The molecular formula is C26H28Cl3NO2. The molecule has 0 heterocycles. The van der Waals surface area contributed by atoms with E-state index in [1.807, 2.05) is 31.2 Å². The maximum atomic E-state index is 6.57. The molecule has 6 heteroatoms. The minimum Gasteiger partial charge on any atom is -0.490 e. The Hall–Kier alpha value is -1.91. The zero-order valence-corrected chi connectivity index (χ0v) is 20.6.